The molecule has 3 rings (SSSR count). The molecule has 1 unspecified atom stereocenters. The monoisotopic (exact) mass is 268 g/mol. The summed E-state index contributed by atoms with van der Waals surface area (Å²) in [5.74, 6) is 1.20. The predicted molar refractivity (Wildman–Crippen MR) is 80.3 cm³/mol. The zero-order chi connectivity index (χ0) is 14.1. The molecule has 1 aliphatic carbocycles. The molecule has 2 aromatic rings. The summed E-state index contributed by atoms with van der Waals surface area (Å²) < 4.78 is 0. The quantitative estimate of drug-likeness (QED) is 0.765. The summed E-state index contributed by atoms with van der Waals surface area (Å²) in [4.78, 5) is 0. The first-order valence-electron chi connectivity index (χ1n) is 7.24. The Labute approximate surface area is 119 Å². The molecule has 0 spiro atoms. The van der Waals surface area contributed by atoms with Gasteiger partial charge in [0.05, 0.1) is 0 Å². The van der Waals surface area contributed by atoms with E-state index in [0.717, 1.165) is 31.2 Å². The highest BCUT2D eigenvalue weighted by molar-refractivity contribution is 5.40. The van der Waals surface area contributed by atoms with Crippen LogP contribution in [0, 0.1) is 6.92 Å². The molecule has 2 aromatic carbocycles. The molecule has 0 aliphatic heterocycles. The van der Waals surface area contributed by atoms with E-state index in [9.17, 15) is 10.2 Å². The fourth-order valence-corrected chi connectivity index (χ4v) is 3.33. The summed E-state index contributed by atoms with van der Waals surface area (Å²) in [6.45, 7) is 2.07. The minimum atomic E-state index is 0.338. The van der Waals surface area contributed by atoms with Crippen LogP contribution in [0.15, 0.2) is 36.4 Å². The maximum Gasteiger partial charge on any atom is 0.115 e. The normalized spacial score (nSPS) is 18.4. The lowest BCUT2D eigenvalue weighted by Gasteiger charge is -2.18. The van der Waals surface area contributed by atoms with E-state index in [-0.39, 0.29) is 0 Å². The highest BCUT2D eigenvalue weighted by Crippen LogP contribution is 2.35. The summed E-state index contributed by atoms with van der Waals surface area (Å²) in [6.07, 6.45) is 4.35. The van der Waals surface area contributed by atoms with Gasteiger partial charge in [-0.2, -0.15) is 0 Å². The molecule has 0 radical (unpaired) electrons. The molecule has 2 N–H and O–H groups in total. The molecule has 0 bridgehead atoms. The maximum absolute atomic E-state index is 9.61. The highest BCUT2D eigenvalue weighted by atomic mass is 16.3. The van der Waals surface area contributed by atoms with Crippen LogP contribution in [0.1, 0.15) is 41.0 Å². The number of phenolic OH excluding ortho intramolecular Hbond substituents is 2. The van der Waals surface area contributed by atoms with Crippen LogP contribution >= 0.6 is 0 Å². The molecule has 20 heavy (non-hydrogen) atoms. The number of benzene rings is 2. The van der Waals surface area contributed by atoms with E-state index in [2.05, 4.69) is 19.1 Å². The Kier molecular flexibility index (Phi) is 3.39. The molecule has 2 heteroatoms. The molecule has 0 fully saturated rings. The third-order valence-electron chi connectivity index (χ3n) is 4.35. The van der Waals surface area contributed by atoms with Crippen LogP contribution in [-0.2, 0) is 12.8 Å². The second-order valence-corrected chi connectivity index (χ2v) is 5.79. The number of fused-ring (bicyclic) bond motifs is 1. The first-order chi connectivity index (χ1) is 9.63. The van der Waals surface area contributed by atoms with E-state index in [1.54, 1.807) is 12.1 Å². The van der Waals surface area contributed by atoms with E-state index in [0.29, 0.717) is 17.4 Å². The summed E-state index contributed by atoms with van der Waals surface area (Å²) in [6, 6.07) is 11.4. The molecule has 104 valence electrons. The first-order valence-corrected chi connectivity index (χ1v) is 7.24. The van der Waals surface area contributed by atoms with Gasteiger partial charge in [-0.1, -0.05) is 12.1 Å². The van der Waals surface area contributed by atoms with Crippen molar-refractivity contribution in [1.82, 2.24) is 0 Å². The van der Waals surface area contributed by atoms with Crippen molar-refractivity contribution in [3.05, 3.63) is 58.7 Å². The van der Waals surface area contributed by atoms with Crippen molar-refractivity contribution in [1.29, 1.82) is 0 Å². The topological polar surface area (TPSA) is 40.5 Å². The molecular formula is C18H20O2. The lowest BCUT2D eigenvalue weighted by molar-refractivity contribution is 0.473. The van der Waals surface area contributed by atoms with Gasteiger partial charge in [-0.15, -0.1) is 0 Å². The van der Waals surface area contributed by atoms with Gasteiger partial charge in [0, 0.05) is 0 Å². The van der Waals surface area contributed by atoms with E-state index >= 15 is 0 Å². The summed E-state index contributed by atoms with van der Waals surface area (Å²) in [7, 11) is 0. The number of aromatic hydroxyl groups is 2. The van der Waals surface area contributed by atoms with Crippen molar-refractivity contribution in [3.63, 3.8) is 0 Å². The Balaban J connectivity index is 1.94. The Bertz CT molecular complexity index is 631. The van der Waals surface area contributed by atoms with E-state index in [1.165, 1.54) is 16.7 Å². The molecule has 1 atom stereocenters. The number of phenols is 2. The number of hydrogen-bond acceptors (Lipinski definition) is 2. The predicted octanol–water partition coefficient (Wildman–Crippen LogP) is 4.07. The van der Waals surface area contributed by atoms with Crippen molar-refractivity contribution in [2.45, 2.75) is 38.5 Å². The minimum absolute atomic E-state index is 0.338. The summed E-state index contributed by atoms with van der Waals surface area (Å²) in [5.41, 5.74) is 5.13. The van der Waals surface area contributed by atoms with Crippen LogP contribution in [0.5, 0.6) is 11.5 Å². The van der Waals surface area contributed by atoms with Crippen molar-refractivity contribution in [3.8, 4) is 11.5 Å². The lowest BCUT2D eigenvalue weighted by Crippen LogP contribution is -2.03. The highest BCUT2D eigenvalue weighted by Gasteiger charge is 2.20. The van der Waals surface area contributed by atoms with Gasteiger partial charge in [-0.25, -0.2) is 0 Å². The van der Waals surface area contributed by atoms with Gasteiger partial charge in [0.15, 0.2) is 0 Å². The zero-order valence-corrected chi connectivity index (χ0v) is 11.8. The molecule has 0 saturated heterocycles. The molecule has 1 aliphatic rings. The minimum Gasteiger partial charge on any atom is -0.508 e. The van der Waals surface area contributed by atoms with Crippen molar-refractivity contribution in [2.75, 3.05) is 0 Å². The fourth-order valence-electron chi connectivity index (χ4n) is 3.33. The van der Waals surface area contributed by atoms with Gasteiger partial charge < -0.3 is 10.2 Å². The largest absolute Gasteiger partial charge is 0.508 e. The Hall–Kier alpha value is -1.96. The number of aryl methyl sites for hydroxylation is 2. The van der Waals surface area contributed by atoms with Crippen molar-refractivity contribution < 1.29 is 10.2 Å². The molecule has 0 heterocycles. The Morgan fingerprint density at radius 1 is 0.950 bits per heavy atom. The summed E-state index contributed by atoms with van der Waals surface area (Å²) in [5, 5.41) is 19.2. The summed E-state index contributed by atoms with van der Waals surface area (Å²) >= 11 is 0. The van der Waals surface area contributed by atoms with Gasteiger partial charge in [-0.3, -0.25) is 0 Å². The maximum atomic E-state index is 9.61. The molecule has 0 saturated carbocycles. The first kappa shape index (κ1) is 13.0. The second kappa shape index (κ2) is 5.20. The van der Waals surface area contributed by atoms with Crippen LogP contribution in [0.4, 0.5) is 0 Å². The zero-order valence-electron chi connectivity index (χ0n) is 11.8. The molecule has 2 nitrogen and oxygen atoms in total. The smallest absolute Gasteiger partial charge is 0.115 e. The van der Waals surface area contributed by atoms with E-state index < -0.39 is 0 Å². The van der Waals surface area contributed by atoms with Gasteiger partial charge in [-0.05, 0) is 85.0 Å². The van der Waals surface area contributed by atoms with Crippen molar-refractivity contribution >= 4 is 0 Å². The van der Waals surface area contributed by atoms with Crippen LogP contribution in [0.25, 0.3) is 0 Å². The molecular weight excluding hydrogens is 248 g/mol. The van der Waals surface area contributed by atoms with Gasteiger partial charge in [0.1, 0.15) is 11.5 Å². The fraction of sp³-hybridized carbons (Fsp3) is 0.333. The standard InChI is InChI=1S/C18H20O2/c1-12-9-16(19)7-8-18(12)15-4-2-3-13-11-17(20)6-5-14(13)10-15/h5-9,11,15,19-20H,2-4,10H2,1H3. The van der Waals surface area contributed by atoms with Crippen molar-refractivity contribution in [2.24, 2.45) is 0 Å². The number of hydrogen-bond donors (Lipinski definition) is 2. The van der Waals surface area contributed by atoms with Crippen LogP contribution in [0.2, 0.25) is 0 Å². The van der Waals surface area contributed by atoms with Gasteiger partial charge in [0.2, 0.25) is 0 Å². The van der Waals surface area contributed by atoms with Crippen LogP contribution in [-0.4, -0.2) is 10.2 Å². The van der Waals surface area contributed by atoms with Gasteiger partial charge in [0.25, 0.3) is 0 Å². The second-order valence-electron chi connectivity index (χ2n) is 5.79. The Morgan fingerprint density at radius 2 is 1.70 bits per heavy atom. The van der Waals surface area contributed by atoms with E-state index in [1.807, 2.05) is 12.1 Å². The van der Waals surface area contributed by atoms with E-state index in [4.69, 9.17) is 0 Å². The van der Waals surface area contributed by atoms with Crippen LogP contribution in [0.3, 0.4) is 0 Å². The van der Waals surface area contributed by atoms with Gasteiger partial charge >= 0.3 is 0 Å². The Morgan fingerprint density at radius 3 is 2.50 bits per heavy atom. The number of rotatable bonds is 1. The van der Waals surface area contributed by atoms with Crippen LogP contribution < -0.4 is 0 Å². The third kappa shape index (κ3) is 2.51. The lowest BCUT2D eigenvalue weighted by atomic mass is 9.87. The molecule has 0 aromatic heterocycles. The SMILES string of the molecule is Cc1cc(O)ccc1C1CCCc2cc(O)ccc2C1. The molecule has 0 amide bonds. The average molecular weight is 268 g/mol. The third-order valence-corrected chi connectivity index (χ3v) is 4.35. The average Bonchev–Trinajstić information content (AvgIpc) is 2.60.